The van der Waals surface area contributed by atoms with Gasteiger partial charge >= 0.3 is 0 Å². The van der Waals surface area contributed by atoms with Gasteiger partial charge in [0.25, 0.3) is 0 Å². The van der Waals surface area contributed by atoms with Crippen molar-refractivity contribution in [2.45, 2.75) is 38.1 Å². The second-order valence-electron chi connectivity index (χ2n) is 4.63. The Hall–Kier alpha value is -0.200. The van der Waals surface area contributed by atoms with Crippen molar-refractivity contribution in [3.63, 3.8) is 0 Å². The summed E-state index contributed by atoms with van der Waals surface area (Å²) in [6.07, 6.45) is 5.95. The summed E-state index contributed by atoms with van der Waals surface area (Å²) in [6, 6.07) is 3.03. The molecule has 1 unspecified atom stereocenters. The first-order valence-corrected chi connectivity index (χ1v) is 6.68. The second-order valence-corrected chi connectivity index (χ2v) is 5.78. The predicted octanol–water partition coefficient (Wildman–Crippen LogP) is 2.17. The van der Waals surface area contributed by atoms with Gasteiger partial charge in [-0.1, -0.05) is 0 Å². The van der Waals surface area contributed by atoms with Crippen LogP contribution in [0, 0.1) is 16.7 Å². The maximum Gasteiger partial charge on any atom is 0.0628 e. The van der Waals surface area contributed by atoms with Crippen LogP contribution < -0.4 is 5.32 Å². The van der Waals surface area contributed by atoms with Gasteiger partial charge in [-0.3, -0.25) is 0 Å². The van der Waals surface area contributed by atoms with Crippen LogP contribution in [0.5, 0.6) is 0 Å². The molecule has 1 aliphatic heterocycles. The van der Waals surface area contributed by atoms with Gasteiger partial charge in [0.2, 0.25) is 0 Å². The zero-order chi connectivity index (χ0) is 9.86. The van der Waals surface area contributed by atoms with E-state index in [2.05, 4.69) is 23.1 Å². The van der Waals surface area contributed by atoms with Gasteiger partial charge in [-0.15, -0.1) is 0 Å². The van der Waals surface area contributed by atoms with Gasteiger partial charge in [0.1, 0.15) is 0 Å². The number of thioether (sulfide) groups is 1. The lowest BCUT2D eigenvalue weighted by Crippen LogP contribution is -2.37. The van der Waals surface area contributed by atoms with E-state index in [4.69, 9.17) is 5.26 Å². The zero-order valence-corrected chi connectivity index (χ0v) is 9.41. The third-order valence-electron chi connectivity index (χ3n) is 3.34. The minimum Gasteiger partial charge on any atom is -0.313 e. The van der Waals surface area contributed by atoms with E-state index >= 15 is 0 Å². The molecule has 2 rings (SSSR count). The molecule has 0 aromatic carbocycles. The molecule has 14 heavy (non-hydrogen) atoms. The molecule has 1 saturated carbocycles. The van der Waals surface area contributed by atoms with Crippen LogP contribution in [0.2, 0.25) is 0 Å². The summed E-state index contributed by atoms with van der Waals surface area (Å²) in [4.78, 5) is 0. The van der Waals surface area contributed by atoms with Crippen molar-refractivity contribution in [1.29, 1.82) is 5.26 Å². The van der Waals surface area contributed by atoms with E-state index < -0.39 is 0 Å². The highest BCUT2D eigenvalue weighted by Crippen LogP contribution is 2.48. The number of hydrogen-bond acceptors (Lipinski definition) is 3. The summed E-state index contributed by atoms with van der Waals surface area (Å²) in [7, 11) is 0. The summed E-state index contributed by atoms with van der Waals surface area (Å²) >= 11 is 2.06. The number of hydrogen-bond donors (Lipinski definition) is 1. The third kappa shape index (κ3) is 2.65. The highest BCUT2D eigenvalue weighted by Gasteiger charge is 2.42. The zero-order valence-electron chi connectivity index (χ0n) is 8.59. The number of nitrogens with one attached hydrogen (secondary N) is 1. The fourth-order valence-corrected chi connectivity index (χ4v) is 3.13. The van der Waals surface area contributed by atoms with Crippen LogP contribution in [-0.2, 0) is 0 Å². The van der Waals surface area contributed by atoms with Gasteiger partial charge in [-0.2, -0.15) is 17.0 Å². The van der Waals surface area contributed by atoms with Crippen molar-refractivity contribution < 1.29 is 0 Å². The molecule has 3 heteroatoms. The molecule has 1 aliphatic carbocycles. The van der Waals surface area contributed by atoms with E-state index in [9.17, 15) is 0 Å². The van der Waals surface area contributed by atoms with Crippen LogP contribution in [-0.4, -0.2) is 24.1 Å². The summed E-state index contributed by atoms with van der Waals surface area (Å²) in [6.45, 7) is 1.08. The van der Waals surface area contributed by atoms with E-state index in [-0.39, 0.29) is 0 Å². The Kier molecular flexibility index (Phi) is 3.35. The quantitative estimate of drug-likeness (QED) is 0.772. The largest absolute Gasteiger partial charge is 0.313 e. The average Bonchev–Trinajstić information content (AvgIpc) is 2.98. The molecule has 2 fully saturated rings. The lowest BCUT2D eigenvalue weighted by molar-refractivity contribution is 0.413. The topological polar surface area (TPSA) is 35.8 Å². The Morgan fingerprint density at radius 3 is 2.93 bits per heavy atom. The molecule has 78 valence electrons. The van der Waals surface area contributed by atoms with Crippen LogP contribution in [0.25, 0.3) is 0 Å². The molecule has 0 amide bonds. The third-order valence-corrected chi connectivity index (χ3v) is 4.55. The van der Waals surface area contributed by atoms with E-state index in [1.54, 1.807) is 0 Å². The maximum absolute atomic E-state index is 8.70. The van der Waals surface area contributed by atoms with Gasteiger partial charge in [-0.05, 0) is 36.9 Å². The molecule has 1 saturated heterocycles. The molecule has 0 bridgehead atoms. The van der Waals surface area contributed by atoms with Crippen molar-refractivity contribution in [2.75, 3.05) is 18.1 Å². The molecule has 1 heterocycles. The first-order valence-electron chi connectivity index (χ1n) is 5.53. The van der Waals surface area contributed by atoms with Gasteiger partial charge in [0.05, 0.1) is 6.07 Å². The molecule has 0 radical (unpaired) electrons. The Labute approximate surface area is 90.4 Å². The normalized spacial score (nSPS) is 29.5. The number of nitriles is 1. The van der Waals surface area contributed by atoms with Crippen LogP contribution >= 0.6 is 11.8 Å². The number of rotatable bonds is 4. The van der Waals surface area contributed by atoms with Gasteiger partial charge in [0, 0.05) is 24.8 Å². The van der Waals surface area contributed by atoms with Crippen LogP contribution in [0.15, 0.2) is 0 Å². The summed E-state index contributed by atoms with van der Waals surface area (Å²) in [5.74, 6) is 2.60. The van der Waals surface area contributed by atoms with Gasteiger partial charge in [-0.25, -0.2) is 0 Å². The van der Waals surface area contributed by atoms with E-state index in [1.165, 1.54) is 37.2 Å². The first kappa shape index (κ1) is 10.3. The Morgan fingerprint density at radius 2 is 2.36 bits per heavy atom. The Bertz CT molecular complexity index is 224. The lowest BCUT2D eigenvalue weighted by Gasteiger charge is -2.24. The van der Waals surface area contributed by atoms with E-state index in [0.717, 1.165) is 13.0 Å². The number of nitrogens with zero attached hydrogens (tertiary/aromatic N) is 1. The van der Waals surface area contributed by atoms with Gasteiger partial charge in [0.15, 0.2) is 0 Å². The summed E-state index contributed by atoms with van der Waals surface area (Å²) < 4.78 is 0. The molecule has 0 aromatic heterocycles. The van der Waals surface area contributed by atoms with Crippen molar-refractivity contribution in [3.05, 3.63) is 0 Å². The fraction of sp³-hybridized carbons (Fsp3) is 0.909. The van der Waals surface area contributed by atoms with Crippen molar-refractivity contribution in [3.8, 4) is 6.07 Å². The SMILES string of the molecule is N#CCC1(CNC2CCCSC2)CC1. The first-order chi connectivity index (χ1) is 6.85. The highest BCUT2D eigenvalue weighted by molar-refractivity contribution is 7.99. The molecular formula is C11H18N2S. The molecule has 0 spiro atoms. The monoisotopic (exact) mass is 210 g/mol. The van der Waals surface area contributed by atoms with E-state index in [0.29, 0.717) is 11.5 Å². The predicted molar refractivity (Wildman–Crippen MR) is 60.2 cm³/mol. The standard InChI is InChI=1S/C11H18N2S/c12-6-5-11(3-4-11)9-13-10-2-1-7-14-8-10/h10,13H,1-5,7-9H2. The van der Waals surface area contributed by atoms with Crippen LogP contribution in [0.4, 0.5) is 0 Å². The molecular weight excluding hydrogens is 192 g/mol. The Morgan fingerprint density at radius 1 is 1.50 bits per heavy atom. The molecule has 1 N–H and O–H groups in total. The Balaban J connectivity index is 1.69. The minimum absolute atomic E-state index is 0.372. The van der Waals surface area contributed by atoms with Crippen molar-refractivity contribution in [2.24, 2.45) is 5.41 Å². The molecule has 0 aromatic rings. The smallest absolute Gasteiger partial charge is 0.0628 e. The summed E-state index contributed by atoms with van der Waals surface area (Å²) in [5, 5.41) is 12.3. The molecule has 2 aliphatic rings. The maximum atomic E-state index is 8.70. The average molecular weight is 210 g/mol. The highest BCUT2D eigenvalue weighted by atomic mass is 32.2. The lowest BCUT2D eigenvalue weighted by atomic mass is 10.0. The minimum atomic E-state index is 0.372. The summed E-state index contributed by atoms with van der Waals surface area (Å²) in [5.41, 5.74) is 0.372. The van der Waals surface area contributed by atoms with E-state index in [1.807, 2.05) is 0 Å². The van der Waals surface area contributed by atoms with Gasteiger partial charge < -0.3 is 5.32 Å². The molecule has 2 nitrogen and oxygen atoms in total. The fourth-order valence-electron chi connectivity index (χ4n) is 2.02. The van der Waals surface area contributed by atoms with Crippen LogP contribution in [0.1, 0.15) is 32.1 Å². The van der Waals surface area contributed by atoms with Crippen molar-refractivity contribution in [1.82, 2.24) is 5.32 Å². The second kappa shape index (κ2) is 4.55. The van der Waals surface area contributed by atoms with Crippen molar-refractivity contribution >= 4 is 11.8 Å². The molecule has 1 atom stereocenters. The van der Waals surface area contributed by atoms with Crippen LogP contribution in [0.3, 0.4) is 0 Å².